The molecule has 0 aliphatic carbocycles. The number of carbonyl (C=O) groups excluding carboxylic acids is 1. The number of anilines is 1. The van der Waals surface area contributed by atoms with Crippen molar-refractivity contribution >= 4 is 11.9 Å². The smallest absolute Gasteiger partial charge is 0.270 e. The number of ether oxygens (including phenoxy) is 1. The second-order valence-electron chi connectivity index (χ2n) is 4.28. The minimum Gasteiger partial charge on any atom is -0.494 e. The van der Waals surface area contributed by atoms with Crippen LogP contribution in [0.15, 0.2) is 36.9 Å². The molecule has 2 aromatic rings. The Labute approximate surface area is 122 Å². The van der Waals surface area contributed by atoms with E-state index in [9.17, 15) is 4.79 Å². The Morgan fingerprint density at radius 2 is 2.19 bits per heavy atom. The molecule has 0 saturated heterocycles. The molecule has 1 N–H and O–H groups in total. The van der Waals surface area contributed by atoms with E-state index in [1.54, 1.807) is 30.3 Å². The van der Waals surface area contributed by atoms with E-state index in [4.69, 9.17) is 4.74 Å². The van der Waals surface area contributed by atoms with Crippen LogP contribution in [0.1, 0.15) is 23.7 Å². The van der Waals surface area contributed by atoms with Gasteiger partial charge in [-0.2, -0.15) is 4.80 Å². The number of hydrogen-bond donors (Lipinski definition) is 1. The SMILES string of the molecule is C=CCn1nnc(NC(=O)c2ccc(OCCC)cc2)n1. The van der Waals surface area contributed by atoms with Gasteiger partial charge in [-0.05, 0) is 35.9 Å². The zero-order valence-corrected chi connectivity index (χ0v) is 11.8. The monoisotopic (exact) mass is 287 g/mol. The van der Waals surface area contributed by atoms with Crippen LogP contribution in [0.2, 0.25) is 0 Å². The summed E-state index contributed by atoms with van der Waals surface area (Å²) in [7, 11) is 0. The van der Waals surface area contributed by atoms with Crippen LogP contribution in [0.25, 0.3) is 0 Å². The number of amides is 1. The van der Waals surface area contributed by atoms with E-state index in [0.717, 1.165) is 12.2 Å². The third kappa shape index (κ3) is 4.13. The van der Waals surface area contributed by atoms with Crippen LogP contribution < -0.4 is 10.1 Å². The highest BCUT2D eigenvalue weighted by atomic mass is 16.5. The van der Waals surface area contributed by atoms with E-state index in [1.165, 1.54) is 4.80 Å². The minimum atomic E-state index is -0.296. The van der Waals surface area contributed by atoms with Crippen LogP contribution in [0.5, 0.6) is 5.75 Å². The number of tetrazole rings is 1. The highest BCUT2D eigenvalue weighted by Crippen LogP contribution is 2.13. The highest BCUT2D eigenvalue weighted by molar-refractivity contribution is 6.03. The van der Waals surface area contributed by atoms with Gasteiger partial charge in [0.25, 0.3) is 11.9 Å². The maximum absolute atomic E-state index is 12.0. The van der Waals surface area contributed by atoms with Crippen molar-refractivity contribution in [2.24, 2.45) is 0 Å². The predicted molar refractivity (Wildman–Crippen MR) is 78.2 cm³/mol. The van der Waals surface area contributed by atoms with Gasteiger partial charge >= 0.3 is 0 Å². The topological polar surface area (TPSA) is 81.9 Å². The van der Waals surface area contributed by atoms with Crippen molar-refractivity contribution in [1.82, 2.24) is 20.2 Å². The molecule has 2 rings (SSSR count). The molecule has 0 aliphatic rings. The summed E-state index contributed by atoms with van der Waals surface area (Å²) in [5.41, 5.74) is 0.499. The molecule has 0 atom stereocenters. The Hall–Kier alpha value is -2.70. The molecule has 0 radical (unpaired) electrons. The maximum atomic E-state index is 12.0. The first kappa shape index (κ1) is 14.7. The molecule has 110 valence electrons. The third-order valence-corrected chi connectivity index (χ3v) is 2.56. The number of carbonyl (C=O) groups is 1. The summed E-state index contributed by atoms with van der Waals surface area (Å²) in [6.45, 7) is 6.70. The molecule has 1 aromatic carbocycles. The first-order valence-electron chi connectivity index (χ1n) is 6.66. The molecule has 1 amide bonds. The molecule has 0 aliphatic heterocycles. The highest BCUT2D eigenvalue weighted by Gasteiger charge is 2.09. The van der Waals surface area contributed by atoms with Crippen LogP contribution in [0.3, 0.4) is 0 Å². The van der Waals surface area contributed by atoms with Gasteiger partial charge in [0.15, 0.2) is 0 Å². The van der Waals surface area contributed by atoms with Gasteiger partial charge < -0.3 is 4.74 Å². The van der Waals surface area contributed by atoms with E-state index in [1.807, 2.05) is 6.92 Å². The van der Waals surface area contributed by atoms with E-state index in [-0.39, 0.29) is 11.9 Å². The first-order valence-corrected chi connectivity index (χ1v) is 6.66. The Balaban J connectivity index is 1.97. The van der Waals surface area contributed by atoms with Gasteiger partial charge in [0.2, 0.25) is 0 Å². The Morgan fingerprint density at radius 3 is 2.86 bits per heavy atom. The van der Waals surface area contributed by atoms with Crippen molar-refractivity contribution in [2.45, 2.75) is 19.9 Å². The predicted octanol–water partition coefficient (Wildman–Crippen LogP) is 1.90. The Bertz CT molecular complexity index is 606. The van der Waals surface area contributed by atoms with Gasteiger partial charge in [0, 0.05) is 5.56 Å². The number of allylic oxidation sites excluding steroid dienone is 1. The molecule has 1 aromatic heterocycles. The number of hydrogen-bond acceptors (Lipinski definition) is 5. The fraction of sp³-hybridized carbons (Fsp3) is 0.286. The van der Waals surface area contributed by atoms with E-state index < -0.39 is 0 Å². The second-order valence-corrected chi connectivity index (χ2v) is 4.28. The van der Waals surface area contributed by atoms with Crippen LogP contribution in [-0.4, -0.2) is 32.7 Å². The summed E-state index contributed by atoms with van der Waals surface area (Å²) in [6, 6.07) is 6.89. The van der Waals surface area contributed by atoms with Gasteiger partial charge in [-0.15, -0.1) is 11.7 Å². The van der Waals surface area contributed by atoms with E-state index >= 15 is 0 Å². The summed E-state index contributed by atoms with van der Waals surface area (Å²) in [6.07, 6.45) is 2.58. The number of rotatable bonds is 7. The van der Waals surface area contributed by atoms with E-state index in [2.05, 4.69) is 27.3 Å². The maximum Gasteiger partial charge on any atom is 0.270 e. The minimum absolute atomic E-state index is 0.160. The van der Waals surface area contributed by atoms with Crippen molar-refractivity contribution in [2.75, 3.05) is 11.9 Å². The fourth-order valence-corrected chi connectivity index (χ4v) is 1.58. The number of nitrogens with zero attached hydrogens (tertiary/aromatic N) is 4. The molecule has 7 nitrogen and oxygen atoms in total. The van der Waals surface area contributed by atoms with Crippen molar-refractivity contribution in [3.63, 3.8) is 0 Å². The molecule has 0 bridgehead atoms. The number of benzene rings is 1. The van der Waals surface area contributed by atoms with Gasteiger partial charge in [0.05, 0.1) is 13.2 Å². The Morgan fingerprint density at radius 1 is 1.43 bits per heavy atom. The third-order valence-electron chi connectivity index (χ3n) is 2.56. The second kappa shape index (κ2) is 7.18. The molecule has 0 saturated carbocycles. The summed E-state index contributed by atoms with van der Waals surface area (Å²) < 4.78 is 5.46. The van der Waals surface area contributed by atoms with Crippen LogP contribution in [-0.2, 0) is 6.54 Å². The van der Waals surface area contributed by atoms with Crippen molar-refractivity contribution in [3.8, 4) is 5.75 Å². The zero-order valence-electron chi connectivity index (χ0n) is 11.8. The van der Waals surface area contributed by atoms with Gasteiger partial charge in [-0.25, -0.2) is 0 Å². The summed E-state index contributed by atoms with van der Waals surface area (Å²) >= 11 is 0. The average molecular weight is 287 g/mol. The summed E-state index contributed by atoms with van der Waals surface area (Å²) in [5.74, 6) is 0.604. The number of nitrogens with one attached hydrogen (secondary N) is 1. The lowest BCUT2D eigenvalue weighted by molar-refractivity contribution is 0.102. The molecule has 7 heteroatoms. The first-order chi connectivity index (χ1) is 10.2. The molecular weight excluding hydrogens is 270 g/mol. The Kier molecular flexibility index (Phi) is 5.03. The molecule has 0 unspecified atom stereocenters. The van der Waals surface area contributed by atoms with Gasteiger partial charge in [-0.3, -0.25) is 10.1 Å². The normalized spacial score (nSPS) is 10.1. The quantitative estimate of drug-likeness (QED) is 0.786. The fourth-order valence-electron chi connectivity index (χ4n) is 1.58. The molecule has 21 heavy (non-hydrogen) atoms. The van der Waals surface area contributed by atoms with Crippen molar-refractivity contribution < 1.29 is 9.53 Å². The zero-order chi connectivity index (χ0) is 15.1. The summed E-state index contributed by atoms with van der Waals surface area (Å²) in [4.78, 5) is 13.4. The number of aromatic nitrogens is 4. The van der Waals surface area contributed by atoms with Crippen LogP contribution in [0, 0.1) is 0 Å². The summed E-state index contributed by atoms with van der Waals surface area (Å²) in [5, 5.41) is 14.1. The molecule has 0 fully saturated rings. The molecular formula is C14H17N5O2. The molecule has 1 heterocycles. The average Bonchev–Trinajstić information content (AvgIpc) is 2.93. The van der Waals surface area contributed by atoms with Crippen LogP contribution >= 0.6 is 0 Å². The van der Waals surface area contributed by atoms with Crippen molar-refractivity contribution in [3.05, 3.63) is 42.5 Å². The van der Waals surface area contributed by atoms with Crippen LogP contribution in [0.4, 0.5) is 5.95 Å². The lowest BCUT2D eigenvalue weighted by atomic mass is 10.2. The van der Waals surface area contributed by atoms with Gasteiger partial charge in [-0.1, -0.05) is 18.1 Å². The largest absolute Gasteiger partial charge is 0.494 e. The van der Waals surface area contributed by atoms with Crippen molar-refractivity contribution in [1.29, 1.82) is 0 Å². The van der Waals surface area contributed by atoms with E-state index in [0.29, 0.717) is 18.7 Å². The molecule has 0 spiro atoms. The standard InChI is InChI=1S/C14H17N5O2/c1-3-9-19-17-14(16-18-19)15-13(20)11-5-7-12(8-6-11)21-10-4-2/h3,5-8H,1,4,9-10H2,2H3,(H,15,17,20). The lowest BCUT2D eigenvalue weighted by Gasteiger charge is -2.05. The van der Waals surface area contributed by atoms with Gasteiger partial charge in [0.1, 0.15) is 5.75 Å². The lowest BCUT2D eigenvalue weighted by Crippen LogP contribution is -2.13.